The van der Waals surface area contributed by atoms with Gasteiger partial charge in [-0.2, -0.15) is 0 Å². The molecule has 0 aliphatic rings. The molecule has 0 fully saturated rings. The van der Waals surface area contributed by atoms with Crippen molar-refractivity contribution >= 4 is 17.5 Å². The monoisotopic (exact) mass is 300 g/mol. The Kier molecular flexibility index (Phi) is 11.8. The maximum Gasteiger partial charge on any atom is 0.305 e. The fourth-order valence-electron chi connectivity index (χ4n) is 1.89. The van der Waals surface area contributed by atoms with Gasteiger partial charge in [-0.1, -0.05) is 13.8 Å². The van der Waals surface area contributed by atoms with Gasteiger partial charge >= 0.3 is 5.97 Å². The van der Waals surface area contributed by atoms with Gasteiger partial charge in [0.2, 0.25) is 0 Å². The van der Waals surface area contributed by atoms with Gasteiger partial charge in [0.05, 0.1) is 6.61 Å². The number of rotatable bonds is 13. The Morgan fingerprint density at radius 2 is 1.57 bits per heavy atom. The van der Waals surface area contributed by atoms with Crippen LogP contribution in [0.5, 0.6) is 0 Å². The Bertz CT molecular complexity index is 325. The first-order valence-electron chi connectivity index (χ1n) is 7.75. The van der Waals surface area contributed by atoms with Crippen LogP contribution < -0.4 is 0 Å². The molecule has 0 amide bonds. The molecule has 0 saturated heterocycles. The van der Waals surface area contributed by atoms with E-state index in [-0.39, 0.29) is 23.6 Å². The highest BCUT2D eigenvalue weighted by Gasteiger charge is 2.12. The van der Waals surface area contributed by atoms with Crippen LogP contribution in [0.25, 0.3) is 0 Å². The summed E-state index contributed by atoms with van der Waals surface area (Å²) in [7, 11) is 1.55. The van der Waals surface area contributed by atoms with Gasteiger partial charge in [-0.25, -0.2) is 0 Å². The predicted molar refractivity (Wildman–Crippen MR) is 80.1 cm³/mol. The van der Waals surface area contributed by atoms with E-state index in [1.54, 1.807) is 14.0 Å². The summed E-state index contributed by atoms with van der Waals surface area (Å²) >= 11 is 0. The molecule has 0 spiro atoms. The van der Waals surface area contributed by atoms with E-state index < -0.39 is 0 Å². The molecule has 0 bridgehead atoms. The first kappa shape index (κ1) is 19.8. The highest BCUT2D eigenvalue weighted by atomic mass is 16.5. The summed E-state index contributed by atoms with van der Waals surface area (Å²) in [5.74, 6) is -0.0390. The van der Waals surface area contributed by atoms with Crippen LogP contribution in [0, 0.1) is 0 Å². The van der Waals surface area contributed by atoms with Gasteiger partial charge in [0.15, 0.2) is 0 Å². The summed E-state index contributed by atoms with van der Waals surface area (Å²) in [6.07, 6.45) is 3.83. The SMILES string of the molecule is CCC(=O)OC(CC)CCCC(=O)CCC(=O)CCOC. The number of carbonyl (C=O) groups is 3. The zero-order chi connectivity index (χ0) is 16.1. The Hall–Kier alpha value is -1.23. The number of carbonyl (C=O) groups excluding carboxylic acids is 3. The summed E-state index contributed by atoms with van der Waals surface area (Å²) in [5.41, 5.74) is 0. The van der Waals surface area contributed by atoms with E-state index in [0.29, 0.717) is 51.6 Å². The number of Topliss-reactive ketones (excluding diaryl/α,β-unsaturated/α-hetero) is 2. The molecule has 0 saturated carbocycles. The minimum Gasteiger partial charge on any atom is -0.462 e. The molecule has 0 aliphatic carbocycles. The zero-order valence-electron chi connectivity index (χ0n) is 13.5. The van der Waals surface area contributed by atoms with Crippen molar-refractivity contribution in [3.8, 4) is 0 Å². The van der Waals surface area contributed by atoms with Crippen molar-refractivity contribution in [3.63, 3.8) is 0 Å². The van der Waals surface area contributed by atoms with Crippen LogP contribution in [0.2, 0.25) is 0 Å². The van der Waals surface area contributed by atoms with Gasteiger partial charge in [-0.3, -0.25) is 14.4 Å². The highest BCUT2D eigenvalue weighted by molar-refractivity contribution is 5.85. The van der Waals surface area contributed by atoms with Crippen molar-refractivity contribution in [3.05, 3.63) is 0 Å². The minimum absolute atomic E-state index is 0.0634. The quantitative estimate of drug-likeness (QED) is 0.489. The Labute approximate surface area is 127 Å². The molecule has 0 radical (unpaired) electrons. The fraction of sp³-hybridized carbons (Fsp3) is 0.812. The molecular weight excluding hydrogens is 272 g/mol. The van der Waals surface area contributed by atoms with Crippen LogP contribution in [0.1, 0.15) is 65.2 Å². The second-order valence-electron chi connectivity index (χ2n) is 5.09. The topological polar surface area (TPSA) is 69.7 Å². The van der Waals surface area contributed by atoms with Crippen molar-refractivity contribution in [2.24, 2.45) is 0 Å². The van der Waals surface area contributed by atoms with Crippen LogP contribution in [0.4, 0.5) is 0 Å². The normalized spacial score (nSPS) is 12.0. The summed E-state index contributed by atoms with van der Waals surface area (Å²) < 4.78 is 10.1. The van der Waals surface area contributed by atoms with Crippen LogP contribution in [0.3, 0.4) is 0 Å². The lowest BCUT2D eigenvalue weighted by atomic mass is 10.0. The molecule has 0 aromatic rings. The molecule has 0 heterocycles. The van der Waals surface area contributed by atoms with Crippen molar-refractivity contribution < 1.29 is 23.9 Å². The third-order valence-electron chi connectivity index (χ3n) is 3.29. The number of ketones is 2. The van der Waals surface area contributed by atoms with Gasteiger partial charge in [0.1, 0.15) is 17.7 Å². The lowest BCUT2D eigenvalue weighted by Gasteiger charge is -2.15. The third kappa shape index (κ3) is 11.1. The Morgan fingerprint density at radius 1 is 0.952 bits per heavy atom. The number of ether oxygens (including phenoxy) is 2. The van der Waals surface area contributed by atoms with E-state index in [0.717, 1.165) is 6.42 Å². The molecular formula is C16H28O5. The first-order chi connectivity index (χ1) is 10.0. The number of esters is 1. The van der Waals surface area contributed by atoms with Crippen LogP contribution in [0.15, 0.2) is 0 Å². The summed E-state index contributed by atoms with van der Waals surface area (Å²) in [5, 5.41) is 0. The maximum absolute atomic E-state index is 11.7. The van der Waals surface area contributed by atoms with Crippen LogP contribution >= 0.6 is 0 Å². The van der Waals surface area contributed by atoms with Gasteiger partial charge in [-0.05, 0) is 19.3 Å². The summed E-state index contributed by atoms with van der Waals surface area (Å²) in [4.78, 5) is 34.3. The van der Waals surface area contributed by atoms with Gasteiger partial charge in [-0.15, -0.1) is 0 Å². The lowest BCUT2D eigenvalue weighted by Crippen LogP contribution is -2.17. The van der Waals surface area contributed by atoms with Crippen LogP contribution in [-0.4, -0.2) is 37.4 Å². The Balaban J connectivity index is 3.77. The van der Waals surface area contributed by atoms with E-state index >= 15 is 0 Å². The van der Waals surface area contributed by atoms with Crippen molar-refractivity contribution in [2.45, 2.75) is 71.3 Å². The highest BCUT2D eigenvalue weighted by Crippen LogP contribution is 2.11. The molecule has 1 atom stereocenters. The standard InChI is InChI=1S/C16H28O5/c1-4-15(21-16(19)5-2)8-6-7-13(17)9-10-14(18)11-12-20-3/h15H,4-12H2,1-3H3. The predicted octanol–water partition coefficient (Wildman–Crippen LogP) is 2.84. The van der Waals surface area contributed by atoms with E-state index in [9.17, 15) is 14.4 Å². The average molecular weight is 300 g/mol. The minimum atomic E-state index is -0.197. The zero-order valence-corrected chi connectivity index (χ0v) is 13.5. The first-order valence-corrected chi connectivity index (χ1v) is 7.75. The molecule has 0 aromatic carbocycles. The molecule has 0 aliphatic heterocycles. The van der Waals surface area contributed by atoms with Crippen molar-refractivity contribution in [1.82, 2.24) is 0 Å². The number of hydrogen-bond acceptors (Lipinski definition) is 5. The summed E-state index contributed by atoms with van der Waals surface area (Å²) in [6.45, 7) is 4.14. The lowest BCUT2D eigenvalue weighted by molar-refractivity contribution is -0.149. The molecule has 5 nitrogen and oxygen atoms in total. The maximum atomic E-state index is 11.7. The third-order valence-corrected chi connectivity index (χ3v) is 3.29. The molecule has 21 heavy (non-hydrogen) atoms. The van der Waals surface area contributed by atoms with Crippen molar-refractivity contribution in [1.29, 1.82) is 0 Å². The van der Waals surface area contributed by atoms with Gasteiger partial charge in [0, 0.05) is 39.2 Å². The second kappa shape index (κ2) is 12.5. The summed E-state index contributed by atoms with van der Waals surface area (Å²) in [6, 6.07) is 0. The molecule has 5 heteroatoms. The van der Waals surface area contributed by atoms with E-state index in [1.165, 1.54) is 0 Å². The average Bonchev–Trinajstić information content (AvgIpc) is 2.49. The van der Waals surface area contributed by atoms with Crippen molar-refractivity contribution in [2.75, 3.05) is 13.7 Å². The van der Waals surface area contributed by atoms with Gasteiger partial charge < -0.3 is 9.47 Å². The van der Waals surface area contributed by atoms with E-state index in [2.05, 4.69) is 0 Å². The molecule has 0 N–H and O–H groups in total. The smallest absolute Gasteiger partial charge is 0.305 e. The number of methoxy groups -OCH3 is 1. The van der Waals surface area contributed by atoms with E-state index in [1.807, 2.05) is 6.92 Å². The molecule has 122 valence electrons. The van der Waals surface area contributed by atoms with Gasteiger partial charge in [0.25, 0.3) is 0 Å². The molecule has 0 rings (SSSR count). The van der Waals surface area contributed by atoms with Crippen LogP contribution in [-0.2, 0) is 23.9 Å². The Morgan fingerprint density at radius 3 is 2.10 bits per heavy atom. The largest absolute Gasteiger partial charge is 0.462 e. The molecule has 1 unspecified atom stereocenters. The van der Waals surface area contributed by atoms with E-state index in [4.69, 9.17) is 9.47 Å². The second-order valence-corrected chi connectivity index (χ2v) is 5.09. The number of hydrogen-bond donors (Lipinski definition) is 0. The molecule has 0 aromatic heterocycles. The fourth-order valence-corrected chi connectivity index (χ4v) is 1.89.